The van der Waals surface area contributed by atoms with Crippen LogP contribution < -0.4 is 0 Å². The number of carbonyl (C=O) groups excluding carboxylic acids is 1. The predicted molar refractivity (Wildman–Crippen MR) is 80.7 cm³/mol. The summed E-state index contributed by atoms with van der Waals surface area (Å²) in [5.74, 6) is -11.3. The van der Waals surface area contributed by atoms with Gasteiger partial charge in [-0.1, -0.05) is 36.4 Å². The van der Waals surface area contributed by atoms with Gasteiger partial charge < -0.3 is 0 Å². The average molecular weight is 347 g/mol. The zero-order valence-electron chi connectivity index (χ0n) is 12.2. The van der Waals surface area contributed by atoms with Gasteiger partial charge in [-0.15, -0.1) is 0 Å². The summed E-state index contributed by atoms with van der Waals surface area (Å²) in [5, 5.41) is 1.23. The number of halogens is 5. The van der Waals surface area contributed by atoms with E-state index in [4.69, 9.17) is 0 Å². The van der Waals surface area contributed by atoms with E-state index in [1.165, 1.54) is 12.1 Å². The van der Waals surface area contributed by atoms with E-state index in [9.17, 15) is 26.7 Å². The lowest BCUT2D eigenvalue weighted by molar-refractivity contribution is 0.107. The van der Waals surface area contributed by atoms with Gasteiger partial charge in [0, 0.05) is 16.5 Å². The Morgan fingerprint density at radius 1 is 0.680 bits per heavy atom. The fraction of sp³-hybridized carbons (Fsp3) is 0. The highest BCUT2D eigenvalue weighted by Crippen LogP contribution is 2.35. The van der Waals surface area contributed by atoms with Crippen LogP contribution in [-0.4, -0.2) is 11.5 Å². The van der Waals surface area contributed by atoms with Gasteiger partial charge in [0.05, 0.1) is 0 Å². The summed E-state index contributed by atoms with van der Waals surface area (Å²) in [6.07, 6.45) is 0. The fourth-order valence-corrected chi connectivity index (χ4v) is 2.89. The predicted octanol–water partition coefficient (Wildman–Crippen LogP) is 4.85. The Bertz CT molecular complexity index is 1090. The highest BCUT2D eigenvalue weighted by atomic mass is 19.2. The molecule has 0 aromatic heterocycles. The molecule has 4 rings (SSSR count). The molecular weight excluding hydrogens is 341 g/mol. The molecule has 1 aliphatic carbocycles. The summed E-state index contributed by atoms with van der Waals surface area (Å²) in [5.41, 5.74) is -1.21. The molecule has 7 heteroatoms. The third kappa shape index (κ3) is 2.02. The van der Waals surface area contributed by atoms with Gasteiger partial charge in [0.1, 0.15) is 11.4 Å². The molecule has 0 aliphatic heterocycles. The molecule has 0 unspecified atom stereocenters. The van der Waals surface area contributed by atoms with Crippen LogP contribution >= 0.6 is 0 Å². The van der Waals surface area contributed by atoms with Crippen molar-refractivity contribution in [2.45, 2.75) is 0 Å². The van der Waals surface area contributed by atoms with Crippen LogP contribution in [0.15, 0.2) is 41.4 Å². The molecule has 0 amide bonds. The van der Waals surface area contributed by atoms with E-state index in [0.717, 1.165) is 0 Å². The number of Topliss-reactive ketones (excluding diaryl/α,β-unsaturated/α-hetero) is 1. The standard InChI is InChI=1S/C18H6F5NO/c19-11-12(20)14(22)17(15(23)13(11)21)24-16-8-5-1-3-7-4-2-6-9(10(7)8)18(16)25/h1-6H. The molecule has 0 atom stereocenters. The van der Waals surface area contributed by atoms with E-state index in [-0.39, 0.29) is 16.8 Å². The Morgan fingerprint density at radius 2 is 1.20 bits per heavy atom. The van der Waals surface area contributed by atoms with E-state index >= 15 is 0 Å². The number of rotatable bonds is 1. The first kappa shape index (κ1) is 15.4. The zero-order chi connectivity index (χ0) is 17.9. The monoisotopic (exact) mass is 347 g/mol. The lowest BCUT2D eigenvalue weighted by Gasteiger charge is -2.05. The molecule has 124 valence electrons. The quantitative estimate of drug-likeness (QED) is 0.351. The van der Waals surface area contributed by atoms with Gasteiger partial charge in [0.25, 0.3) is 0 Å². The lowest BCUT2D eigenvalue weighted by Crippen LogP contribution is -2.10. The van der Waals surface area contributed by atoms with Crippen molar-refractivity contribution in [3.05, 3.63) is 76.6 Å². The highest BCUT2D eigenvalue weighted by molar-refractivity contribution is 6.59. The fourth-order valence-electron chi connectivity index (χ4n) is 2.89. The minimum atomic E-state index is -2.28. The number of carbonyl (C=O) groups is 1. The van der Waals surface area contributed by atoms with Crippen LogP contribution in [0.3, 0.4) is 0 Å². The minimum absolute atomic E-state index is 0.260. The third-order valence-electron chi connectivity index (χ3n) is 4.03. The minimum Gasteiger partial charge on any atom is -0.287 e. The van der Waals surface area contributed by atoms with E-state index < -0.39 is 40.6 Å². The molecule has 0 N–H and O–H groups in total. The first-order valence-electron chi connectivity index (χ1n) is 7.08. The van der Waals surface area contributed by atoms with Gasteiger partial charge in [-0.3, -0.25) is 4.79 Å². The van der Waals surface area contributed by atoms with Crippen molar-refractivity contribution in [3.8, 4) is 0 Å². The molecule has 3 aromatic rings. The lowest BCUT2D eigenvalue weighted by atomic mass is 10.1. The van der Waals surface area contributed by atoms with Crippen LogP contribution in [0.4, 0.5) is 27.6 Å². The van der Waals surface area contributed by atoms with Gasteiger partial charge in [-0.25, -0.2) is 26.9 Å². The van der Waals surface area contributed by atoms with Crippen LogP contribution in [0, 0.1) is 29.1 Å². The Balaban J connectivity index is 2.03. The summed E-state index contributed by atoms with van der Waals surface area (Å²) in [7, 11) is 0. The highest BCUT2D eigenvalue weighted by Gasteiger charge is 2.31. The smallest absolute Gasteiger partial charge is 0.212 e. The Labute approximate surface area is 137 Å². The van der Waals surface area contributed by atoms with Crippen molar-refractivity contribution in [3.63, 3.8) is 0 Å². The van der Waals surface area contributed by atoms with Crippen molar-refractivity contribution >= 4 is 28.0 Å². The van der Waals surface area contributed by atoms with Crippen molar-refractivity contribution in [1.29, 1.82) is 0 Å². The molecule has 25 heavy (non-hydrogen) atoms. The summed E-state index contributed by atoms with van der Waals surface area (Å²) in [6, 6.07) is 9.71. The number of benzene rings is 3. The summed E-state index contributed by atoms with van der Waals surface area (Å²) >= 11 is 0. The van der Waals surface area contributed by atoms with Crippen LogP contribution in [0.25, 0.3) is 10.8 Å². The molecule has 0 fully saturated rings. The topological polar surface area (TPSA) is 29.4 Å². The van der Waals surface area contributed by atoms with Crippen molar-refractivity contribution in [2.75, 3.05) is 0 Å². The number of hydrogen-bond acceptors (Lipinski definition) is 2. The Hall–Kier alpha value is -3.09. The number of aliphatic imine (C=N–C) groups is 1. The van der Waals surface area contributed by atoms with Crippen molar-refractivity contribution in [2.24, 2.45) is 4.99 Å². The first-order valence-corrected chi connectivity index (χ1v) is 7.08. The third-order valence-corrected chi connectivity index (χ3v) is 4.03. The van der Waals surface area contributed by atoms with Crippen LogP contribution in [0.1, 0.15) is 15.9 Å². The molecule has 0 saturated carbocycles. The van der Waals surface area contributed by atoms with Crippen LogP contribution in [-0.2, 0) is 0 Å². The molecule has 0 spiro atoms. The second-order valence-corrected chi connectivity index (χ2v) is 5.42. The molecule has 0 saturated heterocycles. The van der Waals surface area contributed by atoms with Crippen molar-refractivity contribution < 1.29 is 26.7 Å². The normalized spacial score (nSPS) is 14.8. The van der Waals surface area contributed by atoms with Crippen LogP contribution in [0.5, 0.6) is 0 Å². The van der Waals surface area contributed by atoms with E-state index in [2.05, 4.69) is 4.99 Å². The van der Waals surface area contributed by atoms with E-state index in [0.29, 0.717) is 10.8 Å². The average Bonchev–Trinajstić information content (AvgIpc) is 2.90. The maximum absolute atomic E-state index is 13.9. The van der Waals surface area contributed by atoms with Gasteiger partial charge in [0.2, 0.25) is 11.6 Å². The summed E-state index contributed by atoms with van der Waals surface area (Å²) in [4.78, 5) is 16.0. The van der Waals surface area contributed by atoms with Crippen molar-refractivity contribution in [1.82, 2.24) is 0 Å². The van der Waals surface area contributed by atoms with Gasteiger partial charge in [0.15, 0.2) is 23.3 Å². The molecule has 1 aliphatic rings. The molecule has 3 aromatic carbocycles. The SMILES string of the molecule is O=C1C(=Nc2c(F)c(F)c(F)c(F)c2F)c2cccc3cccc1c23. The molecule has 2 nitrogen and oxygen atoms in total. The number of nitrogens with zero attached hydrogens (tertiary/aromatic N) is 1. The van der Waals surface area contributed by atoms with E-state index in [1.54, 1.807) is 24.3 Å². The Kier molecular flexibility index (Phi) is 3.21. The summed E-state index contributed by atoms with van der Waals surface area (Å²) in [6.45, 7) is 0. The van der Waals surface area contributed by atoms with Crippen LogP contribution in [0.2, 0.25) is 0 Å². The zero-order valence-corrected chi connectivity index (χ0v) is 12.2. The second-order valence-electron chi connectivity index (χ2n) is 5.42. The molecule has 0 heterocycles. The van der Waals surface area contributed by atoms with Gasteiger partial charge >= 0.3 is 0 Å². The maximum atomic E-state index is 13.9. The number of hydrogen-bond donors (Lipinski definition) is 0. The molecule has 0 radical (unpaired) electrons. The molecule has 0 bridgehead atoms. The summed E-state index contributed by atoms with van der Waals surface area (Å²) < 4.78 is 67.6. The van der Waals surface area contributed by atoms with Gasteiger partial charge in [-0.2, -0.15) is 0 Å². The first-order chi connectivity index (χ1) is 11.9. The maximum Gasteiger partial charge on any atom is 0.212 e. The second kappa shape index (κ2) is 5.20. The molecular formula is C18H6F5NO. The Morgan fingerprint density at radius 3 is 1.80 bits per heavy atom. The van der Waals surface area contributed by atoms with Gasteiger partial charge in [-0.05, 0) is 5.39 Å². The van der Waals surface area contributed by atoms with E-state index in [1.807, 2.05) is 0 Å². The number of ketones is 1. The largest absolute Gasteiger partial charge is 0.287 e.